The number of hydrogen-bond acceptors (Lipinski definition) is 2. The summed E-state index contributed by atoms with van der Waals surface area (Å²) in [4.78, 5) is 5.17. The van der Waals surface area contributed by atoms with Gasteiger partial charge in [0.25, 0.3) is 0 Å². The van der Waals surface area contributed by atoms with E-state index in [1.807, 2.05) is 0 Å². The number of para-hydroxylation sites is 2. The lowest BCUT2D eigenvalue weighted by Gasteiger charge is -2.48. The maximum atomic E-state index is 2.58. The lowest BCUT2D eigenvalue weighted by molar-refractivity contribution is 1.28. The summed E-state index contributed by atoms with van der Waals surface area (Å²) in [6.07, 6.45) is 0. The van der Waals surface area contributed by atoms with E-state index < -0.39 is 0 Å². The summed E-state index contributed by atoms with van der Waals surface area (Å²) in [7, 11) is 0. The predicted octanol–water partition coefficient (Wildman–Crippen LogP) is 9.33. The molecule has 0 saturated heterocycles. The molecule has 2 aliphatic heterocycles. The Morgan fingerprint density at radius 3 is 1.27 bits per heavy atom. The van der Waals surface area contributed by atoms with Gasteiger partial charge in [0.1, 0.15) is 0 Å². The molecule has 2 heterocycles. The second-order valence-electron chi connectivity index (χ2n) is 10.9. The molecule has 0 saturated carbocycles. The monoisotopic (exact) mass is 520 g/mol. The molecule has 7 aromatic rings. The maximum Gasteiger partial charge on any atom is 0.421 e. The average Bonchev–Trinajstić information content (AvgIpc) is 3.05. The minimum atomic E-state index is -0.0809. The van der Waals surface area contributed by atoms with Crippen LogP contribution in [0.1, 0.15) is 0 Å². The number of rotatable bonds is 2. The molecule has 0 aromatic heterocycles. The van der Waals surface area contributed by atoms with Crippen molar-refractivity contribution in [2.75, 3.05) is 9.62 Å². The molecule has 41 heavy (non-hydrogen) atoms. The Morgan fingerprint density at radius 1 is 0.341 bits per heavy atom. The van der Waals surface area contributed by atoms with Crippen molar-refractivity contribution < 1.29 is 0 Å². The Bertz CT molecular complexity index is 1970. The molecule has 0 bridgehead atoms. The van der Waals surface area contributed by atoms with E-state index in [0.717, 1.165) is 0 Å². The van der Waals surface area contributed by atoms with Crippen molar-refractivity contribution in [3.8, 4) is 22.3 Å². The summed E-state index contributed by atoms with van der Waals surface area (Å²) in [5, 5.41) is 5.03. The van der Waals surface area contributed by atoms with E-state index in [0.29, 0.717) is 0 Å². The van der Waals surface area contributed by atoms with E-state index in [9.17, 15) is 0 Å². The van der Waals surface area contributed by atoms with Gasteiger partial charge in [0.15, 0.2) is 0 Å². The lowest BCUT2D eigenvalue weighted by Crippen LogP contribution is -2.62. The minimum Gasteiger partial charge on any atom is -0.361 e. The molecule has 7 aromatic carbocycles. The molecule has 0 aliphatic carbocycles. The first-order valence-electron chi connectivity index (χ1n) is 14.2. The largest absolute Gasteiger partial charge is 0.421 e. The third-order valence-electron chi connectivity index (χ3n) is 8.79. The van der Waals surface area contributed by atoms with Gasteiger partial charge in [-0.1, -0.05) is 127 Å². The van der Waals surface area contributed by atoms with Crippen LogP contribution in [0.5, 0.6) is 0 Å². The molecular formula is C38H25BN2. The summed E-state index contributed by atoms with van der Waals surface area (Å²) in [5.74, 6) is 0. The molecule has 0 radical (unpaired) electrons. The highest BCUT2D eigenvalue weighted by Crippen LogP contribution is 2.52. The predicted molar refractivity (Wildman–Crippen MR) is 175 cm³/mol. The Morgan fingerprint density at radius 2 is 0.780 bits per heavy atom. The molecular weight excluding hydrogens is 495 g/mol. The topological polar surface area (TPSA) is 6.48 Å². The van der Waals surface area contributed by atoms with Crippen LogP contribution in [0.4, 0.5) is 22.7 Å². The molecule has 9 rings (SSSR count). The van der Waals surface area contributed by atoms with Gasteiger partial charge in [0.2, 0.25) is 0 Å². The van der Waals surface area contributed by atoms with Crippen molar-refractivity contribution in [1.29, 1.82) is 0 Å². The Hall–Kier alpha value is -5.28. The van der Waals surface area contributed by atoms with E-state index in [1.54, 1.807) is 0 Å². The molecule has 0 amide bonds. The van der Waals surface area contributed by atoms with E-state index in [2.05, 4.69) is 161 Å². The highest BCUT2D eigenvalue weighted by atomic mass is 15.2. The number of nitrogens with zero attached hydrogens (tertiary/aromatic N) is 2. The zero-order chi connectivity index (χ0) is 26.9. The lowest BCUT2D eigenvalue weighted by atomic mass is 9.53. The van der Waals surface area contributed by atoms with Crippen molar-refractivity contribution in [2.45, 2.75) is 0 Å². The Balaban J connectivity index is 1.48. The first-order valence-corrected chi connectivity index (χ1v) is 14.2. The average molecular weight is 520 g/mol. The fourth-order valence-corrected chi connectivity index (χ4v) is 7.11. The van der Waals surface area contributed by atoms with Crippen LogP contribution in [0, 0.1) is 0 Å². The van der Waals surface area contributed by atoms with E-state index >= 15 is 0 Å². The van der Waals surface area contributed by atoms with Gasteiger partial charge in [-0.25, -0.2) is 0 Å². The fraction of sp³-hybridized carbons (Fsp3) is 0. The van der Waals surface area contributed by atoms with Gasteiger partial charge in [0, 0.05) is 44.6 Å². The van der Waals surface area contributed by atoms with Crippen LogP contribution in [0.25, 0.3) is 43.8 Å². The standard InChI is InChI=1S/C38H25BN2/c1-3-14-28(15-4-1)40-37-30-18-9-7-12-26(30)22-24-34(37)32-20-11-21-33-35-25-23-27-13-8-10-19-31(27)38(35)41(39(40)36(32)33)29-16-5-2-6-17-29/h1-25H. The van der Waals surface area contributed by atoms with E-state index in [1.165, 1.54) is 72.0 Å². The Labute approximate surface area is 239 Å². The number of benzene rings is 7. The summed E-state index contributed by atoms with van der Waals surface area (Å²) in [6.45, 7) is -0.0809. The third kappa shape index (κ3) is 3.15. The molecule has 3 heteroatoms. The molecule has 2 aliphatic rings. The first kappa shape index (κ1) is 22.5. The van der Waals surface area contributed by atoms with E-state index in [4.69, 9.17) is 0 Å². The van der Waals surface area contributed by atoms with Crippen LogP contribution in [0.2, 0.25) is 0 Å². The number of hydrogen-bond donors (Lipinski definition) is 0. The van der Waals surface area contributed by atoms with Gasteiger partial charge in [0.05, 0.1) is 0 Å². The second kappa shape index (κ2) is 8.61. The SMILES string of the molecule is c1ccc(N2B3c4c(cccc4-c4ccc5ccccc5c4N3c3ccccc3)-c3ccc4ccccc4c32)cc1. The van der Waals surface area contributed by atoms with Crippen molar-refractivity contribution in [1.82, 2.24) is 0 Å². The molecule has 0 atom stereocenters. The van der Waals surface area contributed by atoms with E-state index in [-0.39, 0.29) is 6.98 Å². The van der Waals surface area contributed by atoms with Gasteiger partial charge < -0.3 is 9.62 Å². The molecule has 0 N–H and O–H groups in total. The van der Waals surface area contributed by atoms with Gasteiger partial charge in [-0.15, -0.1) is 0 Å². The minimum absolute atomic E-state index is 0.0809. The molecule has 0 unspecified atom stereocenters. The second-order valence-corrected chi connectivity index (χ2v) is 10.9. The van der Waals surface area contributed by atoms with Crippen LogP contribution in [-0.2, 0) is 0 Å². The summed E-state index contributed by atoms with van der Waals surface area (Å²) in [6, 6.07) is 55.5. The molecule has 0 spiro atoms. The summed E-state index contributed by atoms with van der Waals surface area (Å²) in [5.41, 5.74) is 11.4. The zero-order valence-corrected chi connectivity index (χ0v) is 22.4. The third-order valence-corrected chi connectivity index (χ3v) is 8.79. The van der Waals surface area contributed by atoms with Crippen molar-refractivity contribution in [2.24, 2.45) is 0 Å². The zero-order valence-electron chi connectivity index (χ0n) is 22.4. The van der Waals surface area contributed by atoms with Gasteiger partial charge in [-0.3, -0.25) is 0 Å². The number of fused-ring (bicyclic) bond motifs is 8. The number of anilines is 4. The maximum absolute atomic E-state index is 2.58. The highest BCUT2D eigenvalue weighted by molar-refractivity contribution is 6.87. The van der Waals surface area contributed by atoms with Gasteiger partial charge in [-0.2, -0.15) is 0 Å². The Kier molecular flexibility index (Phi) is 4.73. The van der Waals surface area contributed by atoms with Crippen LogP contribution in [-0.4, -0.2) is 6.98 Å². The van der Waals surface area contributed by atoms with Crippen LogP contribution >= 0.6 is 0 Å². The molecule has 2 nitrogen and oxygen atoms in total. The van der Waals surface area contributed by atoms with Crippen molar-refractivity contribution >= 4 is 56.7 Å². The quantitative estimate of drug-likeness (QED) is 0.210. The summed E-state index contributed by atoms with van der Waals surface area (Å²) >= 11 is 0. The normalized spacial score (nSPS) is 13.2. The smallest absolute Gasteiger partial charge is 0.361 e. The highest BCUT2D eigenvalue weighted by Gasteiger charge is 2.47. The van der Waals surface area contributed by atoms with Crippen LogP contribution in [0.3, 0.4) is 0 Å². The van der Waals surface area contributed by atoms with Gasteiger partial charge >= 0.3 is 6.98 Å². The van der Waals surface area contributed by atoms with Crippen molar-refractivity contribution in [3.63, 3.8) is 0 Å². The van der Waals surface area contributed by atoms with Crippen LogP contribution in [0.15, 0.2) is 152 Å². The fourth-order valence-electron chi connectivity index (χ4n) is 7.11. The van der Waals surface area contributed by atoms with Crippen LogP contribution < -0.4 is 15.1 Å². The van der Waals surface area contributed by atoms with Crippen molar-refractivity contribution in [3.05, 3.63) is 152 Å². The van der Waals surface area contributed by atoms with Gasteiger partial charge in [-0.05, 0) is 51.6 Å². The molecule has 190 valence electrons. The summed E-state index contributed by atoms with van der Waals surface area (Å²) < 4.78 is 0. The first-order chi connectivity index (χ1) is 20.4. The molecule has 0 fully saturated rings.